The number of ether oxygens (including phenoxy) is 12. The highest BCUT2D eigenvalue weighted by Gasteiger charge is 2.41. The summed E-state index contributed by atoms with van der Waals surface area (Å²) in [6.45, 7) is 23.4. The van der Waals surface area contributed by atoms with Crippen LogP contribution in [0.2, 0.25) is 0 Å². The van der Waals surface area contributed by atoms with E-state index in [0.29, 0.717) is 88.7 Å². The fraction of sp³-hybridized carbons (Fsp3) is 0.891. The third-order valence-electron chi connectivity index (χ3n) is 17.1. The van der Waals surface area contributed by atoms with E-state index in [9.17, 15) is 0 Å². The molecule has 0 amide bonds. The topological polar surface area (TPSA) is 419 Å². The van der Waals surface area contributed by atoms with Crippen LogP contribution >= 0.6 is 0 Å². The maximum Gasteiger partial charge on any atom is 0.234 e. The van der Waals surface area contributed by atoms with E-state index in [1.165, 1.54) is 0 Å². The van der Waals surface area contributed by atoms with E-state index in [0.717, 1.165) is 158 Å². The number of anilines is 5. The van der Waals surface area contributed by atoms with Gasteiger partial charge in [-0.2, -0.15) is 29.9 Å². The molecule has 90 heavy (non-hydrogen) atoms. The van der Waals surface area contributed by atoms with Crippen molar-refractivity contribution in [1.29, 1.82) is 0 Å². The van der Waals surface area contributed by atoms with Crippen molar-refractivity contribution < 1.29 is 56.8 Å². The van der Waals surface area contributed by atoms with Crippen molar-refractivity contribution >= 4 is 29.7 Å². The highest BCUT2D eigenvalue weighted by molar-refractivity contribution is 5.47. The maximum absolute atomic E-state index is 5.85. The van der Waals surface area contributed by atoms with Crippen LogP contribution in [-0.2, 0) is 56.8 Å². The molecule has 0 aliphatic carbocycles. The molecule has 12 fully saturated rings. The number of nitrogens with two attached hydrogens (primary N) is 6. The summed E-state index contributed by atoms with van der Waals surface area (Å²) in [6, 6.07) is 0. The Bertz CT molecular complexity index is 2060. The van der Waals surface area contributed by atoms with Crippen molar-refractivity contribution in [1.82, 2.24) is 59.3 Å². The fourth-order valence-corrected chi connectivity index (χ4v) is 11.0. The predicted molar refractivity (Wildman–Crippen MR) is 325 cm³/mol. The summed E-state index contributed by atoms with van der Waals surface area (Å²) in [7, 11) is 0. The molecule has 0 radical (unpaired) electrons. The third-order valence-corrected chi connectivity index (χ3v) is 17.1. The van der Waals surface area contributed by atoms with Gasteiger partial charge in [-0.3, -0.25) is 29.4 Å². The Morgan fingerprint density at radius 3 is 0.544 bits per heavy atom. The lowest BCUT2D eigenvalue weighted by Crippen LogP contribution is -2.51. The van der Waals surface area contributed by atoms with Crippen LogP contribution in [0.3, 0.4) is 0 Å². The van der Waals surface area contributed by atoms with Crippen molar-refractivity contribution in [3.05, 3.63) is 5.82 Å². The van der Waals surface area contributed by atoms with E-state index in [-0.39, 0.29) is 106 Å². The third kappa shape index (κ3) is 21.5. The van der Waals surface area contributed by atoms with Gasteiger partial charge in [0.2, 0.25) is 29.7 Å². The van der Waals surface area contributed by atoms with Gasteiger partial charge in [-0.15, -0.1) is 0 Å². The minimum Gasteiger partial charge on any atom is -0.372 e. The van der Waals surface area contributed by atoms with Crippen LogP contribution < -0.4 is 58.9 Å². The molecule has 0 spiro atoms. The SMILES string of the molecule is C1OC1CN(CC1CO1)CN(CN(CC1CO1)CC1CO1)c1nc(N(CN(CC2CO2)CC2CO2)CN(CC2CO2)CC2CO2)nc(N(CN(CC2CO2)CC2CO2)CN(CC2CO2)CC2CO2)n1.NCC(CN)c1nc(N(CN)CN)nc(N(CN)CN)n1. The normalized spacial score (nSPS) is 29.0. The second-order valence-electron chi connectivity index (χ2n) is 25.7. The molecule has 12 saturated heterocycles. The van der Waals surface area contributed by atoms with Gasteiger partial charge in [-0.25, -0.2) is 0 Å². The molecule has 504 valence electrons. The minimum absolute atomic E-state index is 0.167. The van der Waals surface area contributed by atoms with E-state index >= 15 is 0 Å². The lowest BCUT2D eigenvalue weighted by atomic mass is 10.1. The van der Waals surface area contributed by atoms with Gasteiger partial charge in [0, 0.05) is 97.5 Å². The van der Waals surface area contributed by atoms with Gasteiger partial charge in [0.05, 0.1) is 219 Å². The van der Waals surface area contributed by atoms with Crippen molar-refractivity contribution in [3.8, 4) is 0 Å². The molecule has 12 aliphatic heterocycles. The van der Waals surface area contributed by atoms with E-state index in [1.54, 1.807) is 9.80 Å². The van der Waals surface area contributed by atoms with Crippen LogP contribution in [0, 0.1) is 0 Å². The van der Waals surface area contributed by atoms with Gasteiger partial charge < -0.3 is 116 Å². The first kappa shape index (κ1) is 64.8. The molecular weight excluding hydrogens is 1170 g/mol. The van der Waals surface area contributed by atoms with Crippen LogP contribution in [-0.4, -0.2) is 370 Å². The number of aromatic nitrogens is 6. The Hall–Kier alpha value is -3.94. The van der Waals surface area contributed by atoms with Gasteiger partial charge in [0.1, 0.15) is 5.82 Å². The summed E-state index contributed by atoms with van der Waals surface area (Å²) in [5, 5.41) is 0. The molecule has 0 saturated carbocycles. The molecule has 0 aromatic carbocycles. The Kier molecular flexibility index (Phi) is 22.0. The lowest BCUT2D eigenvalue weighted by molar-refractivity contribution is 0.182. The molecule has 12 unspecified atom stereocenters. The zero-order valence-corrected chi connectivity index (χ0v) is 51.9. The van der Waals surface area contributed by atoms with Gasteiger partial charge in [-0.05, 0) is 0 Å². The molecule has 0 bridgehead atoms. The Morgan fingerprint density at radius 1 is 0.256 bits per heavy atom. The van der Waals surface area contributed by atoms with E-state index in [1.807, 2.05) is 0 Å². The zero-order chi connectivity index (χ0) is 61.5. The van der Waals surface area contributed by atoms with Crippen LogP contribution in [0.4, 0.5) is 29.7 Å². The van der Waals surface area contributed by atoms with E-state index in [4.69, 9.17) is 106 Å². The summed E-state index contributed by atoms with van der Waals surface area (Å²) < 4.78 is 70.1. The van der Waals surface area contributed by atoms with Crippen LogP contribution in [0.5, 0.6) is 0 Å². The summed E-state index contributed by atoms with van der Waals surface area (Å²) in [5.41, 5.74) is 33.9. The number of hydrogen-bond donors (Lipinski definition) is 6. The van der Waals surface area contributed by atoms with Crippen LogP contribution in [0.1, 0.15) is 11.7 Å². The highest BCUT2D eigenvalue weighted by Crippen LogP contribution is 2.29. The van der Waals surface area contributed by atoms with Crippen LogP contribution in [0.15, 0.2) is 0 Å². The molecule has 14 heterocycles. The second kappa shape index (κ2) is 30.6. The minimum atomic E-state index is -0.194. The monoisotopic (exact) mass is 1270 g/mol. The average Bonchev–Trinajstić information content (AvgIpc) is 3.61. The number of epoxide rings is 12. The Labute approximate surface area is 525 Å². The maximum atomic E-state index is 5.85. The number of hydrogen-bond acceptors (Lipinski definition) is 35. The van der Waals surface area contributed by atoms with E-state index in [2.05, 4.69) is 59.1 Å². The van der Waals surface area contributed by atoms with Crippen molar-refractivity contribution in [2.75, 3.05) is 262 Å². The molecular formula is C55H97N23O12. The first-order valence-electron chi connectivity index (χ1n) is 32.3. The summed E-state index contributed by atoms with van der Waals surface area (Å²) >= 11 is 0. The lowest BCUT2D eigenvalue weighted by Gasteiger charge is -2.38. The number of nitrogens with zero attached hydrogens (tertiary/aromatic N) is 17. The molecule has 35 heteroatoms. The standard InChI is InChI=1S/C45H72N12O12.C10H25N11/c1(31-13-58-31)49(2-32-14-59-32)25-55(26-50(3-33-15-60-33)4-34-16-61-34)43-46-44(56(27-51(5-35-17-62-35)6-36-18-63-36)28-52(7-37-19-64-37)8-38-20-65-38)48-45(47-43)57(29-53(9-39-21-66-39)10-40-22-67-40)30-54(11-41-23-68-41)12-42-24-69-42;11-1-7(2-12)8-17-9(20(3-13)4-14)19-10(18-8)21(5-15)6-16/h31-42H,1-30H2;7H,1-6,11-16H2. The highest BCUT2D eigenvalue weighted by atomic mass is 16.6. The molecule has 12 aliphatic rings. The molecule has 14 rings (SSSR count). The van der Waals surface area contributed by atoms with Crippen molar-refractivity contribution in [3.63, 3.8) is 0 Å². The van der Waals surface area contributed by atoms with Gasteiger partial charge in [-0.1, -0.05) is 0 Å². The Balaban J connectivity index is 0.000000303. The van der Waals surface area contributed by atoms with Gasteiger partial charge >= 0.3 is 0 Å². The average molecular weight is 1270 g/mol. The molecule has 2 aromatic rings. The van der Waals surface area contributed by atoms with Gasteiger partial charge in [0.25, 0.3) is 0 Å². The van der Waals surface area contributed by atoms with E-state index < -0.39 is 0 Å². The first-order valence-corrected chi connectivity index (χ1v) is 32.3. The van der Waals surface area contributed by atoms with Crippen molar-refractivity contribution in [2.45, 2.75) is 79.2 Å². The first-order chi connectivity index (χ1) is 44.1. The second-order valence-corrected chi connectivity index (χ2v) is 25.7. The van der Waals surface area contributed by atoms with Crippen LogP contribution in [0.25, 0.3) is 0 Å². The summed E-state index contributed by atoms with van der Waals surface area (Å²) in [4.78, 5) is 54.7. The predicted octanol–water partition coefficient (Wildman–Crippen LogP) is -7.22. The fourth-order valence-electron chi connectivity index (χ4n) is 11.0. The summed E-state index contributed by atoms with van der Waals surface area (Å²) in [6.07, 6.45) is 2.33. The zero-order valence-electron chi connectivity index (χ0n) is 51.9. The Morgan fingerprint density at radius 2 is 0.411 bits per heavy atom. The summed E-state index contributed by atoms with van der Waals surface area (Å²) in [5.74, 6) is 2.79. The molecule has 35 nitrogen and oxygen atoms in total. The quantitative estimate of drug-likeness (QED) is 0.0265. The molecule has 2 aromatic heterocycles. The molecule has 12 N–H and O–H groups in total. The smallest absolute Gasteiger partial charge is 0.234 e. The largest absolute Gasteiger partial charge is 0.372 e. The van der Waals surface area contributed by atoms with Crippen molar-refractivity contribution in [2.24, 2.45) is 34.4 Å². The number of rotatable bonds is 48. The van der Waals surface area contributed by atoms with Gasteiger partial charge in [0.15, 0.2) is 0 Å². The molecule has 12 atom stereocenters.